The number of halogens is 2. The molecule has 0 saturated carbocycles. The second kappa shape index (κ2) is 3.77. The summed E-state index contributed by atoms with van der Waals surface area (Å²) >= 11 is 0. The van der Waals surface area contributed by atoms with E-state index in [-0.39, 0.29) is 37.9 Å². The van der Waals surface area contributed by atoms with Crippen molar-refractivity contribution < 1.29 is 8.78 Å². The minimum Gasteiger partial charge on any atom is -0.370 e. The van der Waals surface area contributed by atoms with Crippen LogP contribution in [0.25, 0.3) is 0 Å². The van der Waals surface area contributed by atoms with Crippen LogP contribution in [0.5, 0.6) is 0 Å². The maximum Gasteiger partial charge on any atom is 0.251 e. The van der Waals surface area contributed by atoms with Crippen molar-refractivity contribution in [3.8, 4) is 0 Å². The van der Waals surface area contributed by atoms with Gasteiger partial charge in [0.15, 0.2) is 5.96 Å². The van der Waals surface area contributed by atoms with Crippen molar-refractivity contribution in [1.82, 2.24) is 4.90 Å². The zero-order chi connectivity index (χ0) is 10.8. The van der Waals surface area contributed by atoms with E-state index in [0.29, 0.717) is 0 Å². The van der Waals surface area contributed by atoms with Crippen LogP contribution in [0, 0.1) is 5.41 Å². The van der Waals surface area contributed by atoms with E-state index in [1.54, 1.807) is 0 Å². The first kappa shape index (κ1) is 10.7. The number of likely N-dealkylation sites (tertiary alicyclic amines) is 1. The Hall–Kier alpha value is -1.40. The highest BCUT2D eigenvalue weighted by molar-refractivity contribution is 5.91. The highest BCUT2D eigenvalue weighted by Crippen LogP contribution is 2.27. The lowest BCUT2D eigenvalue weighted by Crippen LogP contribution is -2.42. The zero-order valence-electron chi connectivity index (χ0n) is 7.63. The van der Waals surface area contributed by atoms with Crippen molar-refractivity contribution in [2.45, 2.75) is 18.8 Å². The standard InChI is InChI=1S/C7H13F2N5/c8-7(9)1-3-14(4-2-7)6(12)13-5(10)11/h1-4H2,(H5,10,11,12,13). The highest BCUT2D eigenvalue weighted by Gasteiger charge is 2.34. The SMILES string of the molecule is N=C(N=C(N)N)N1CCC(F)(F)CC1. The van der Waals surface area contributed by atoms with Crippen LogP contribution in [0.4, 0.5) is 8.78 Å². The Bertz CT molecular complexity index is 249. The third-order valence-corrected chi connectivity index (χ3v) is 2.03. The van der Waals surface area contributed by atoms with Crippen molar-refractivity contribution >= 4 is 11.9 Å². The lowest BCUT2D eigenvalue weighted by atomic mass is 10.1. The molecule has 14 heavy (non-hydrogen) atoms. The fourth-order valence-corrected chi connectivity index (χ4v) is 1.24. The molecule has 0 radical (unpaired) electrons. The van der Waals surface area contributed by atoms with Gasteiger partial charge in [0.05, 0.1) is 0 Å². The number of nitrogens with one attached hydrogen (secondary N) is 1. The van der Waals surface area contributed by atoms with Crippen LogP contribution < -0.4 is 11.5 Å². The van der Waals surface area contributed by atoms with Gasteiger partial charge in [-0.1, -0.05) is 0 Å². The van der Waals surface area contributed by atoms with Crippen LogP contribution in [-0.4, -0.2) is 35.8 Å². The predicted octanol–water partition coefficient (Wildman–Crippen LogP) is -0.0743. The van der Waals surface area contributed by atoms with Crippen LogP contribution in [0.15, 0.2) is 4.99 Å². The summed E-state index contributed by atoms with van der Waals surface area (Å²) in [6.07, 6.45) is -0.509. The van der Waals surface area contributed by atoms with E-state index in [1.807, 2.05) is 0 Å². The van der Waals surface area contributed by atoms with E-state index < -0.39 is 5.92 Å². The van der Waals surface area contributed by atoms with Gasteiger partial charge in [0, 0.05) is 25.9 Å². The Balaban J connectivity index is 2.50. The van der Waals surface area contributed by atoms with E-state index in [9.17, 15) is 8.78 Å². The third-order valence-electron chi connectivity index (χ3n) is 2.03. The first-order chi connectivity index (χ1) is 6.41. The van der Waals surface area contributed by atoms with E-state index in [4.69, 9.17) is 16.9 Å². The number of guanidine groups is 2. The van der Waals surface area contributed by atoms with Crippen LogP contribution in [-0.2, 0) is 0 Å². The molecule has 1 saturated heterocycles. The number of nitrogens with zero attached hydrogens (tertiary/aromatic N) is 2. The molecule has 1 fully saturated rings. The van der Waals surface area contributed by atoms with Gasteiger partial charge in [0.1, 0.15) is 0 Å². The summed E-state index contributed by atoms with van der Waals surface area (Å²) < 4.78 is 25.4. The van der Waals surface area contributed by atoms with Gasteiger partial charge in [-0.3, -0.25) is 5.41 Å². The molecule has 1 aliphatic rings. The molecular weight excluding hydrogens is 192 g/mol. The number of aliphatic imine (C=N–C) groups is 1. The molecular formula is C7H13F2N5. The molecule has 0 aliphatic carbocycles. The topological polar surface area (TPSA) is 91.5 Å². The van der Waals surface area contributed by atoms with Gasteiger partial charge in [-0.05, 0) is 0 Å². The summed E-state index contributed by atoms with van der Waals surface area (Å²) in [5.41, 5.74) is 10.1. The van der Waals surface area contributed by atoms with E-state index in [0.717, 1.165) is 0 Å². The Kier molecular flexibility index (Phi) is 2.87. The van der Waals surface area contributed by atoms with E-state index >= 15 is 0 Å². The van der Waals surface area contributed by atoms with Crippen LogP contribution >= 0.6 is 0 Å². The quantitative estimate of drug-likeness (QED) is 0.381. The van der Waals surface area contributed by atoms with Gasteiger partial charge >= 0.3 is 0 Å². The Morgan fingerprint density at radius 3 is 2.21 bits per heavy atom. The second-order valence-electron chi connectivity index (χ2n) is 3.20. The van der Waals surface area contributed by atoms with E-state index in [1.165, 1.54) is 4.90 Å². The van der Waals surface area contributed by atoms with Crippen molar-refractivity contribution in [1.29, 1.82) is 5.41 Å². The van der Waals surface area contributed by atoms with Gasteiger partial charge in [-0.15, -0.1) is 0 Å². The summed E-state index contributed by atoms with van der Waals surface area (Å²) in [6.45, 7) is 0.227. The third kappa shape index (κ3) is 2.82. The molecule has 0 aromatic heterocycles. The number of alkyl halides is 2. The molecule has 0 amide bonds. The molecule has 5 N–H and O–H groups in total. The van der Waals surface area contributed by atoms with Crippen LogP contribution in [0.1, 0.15) is 12.8 Å². The molecule has 0 atom stereocenters. The minimum absolute atomic E-state index is 0.114. The van der Waals surface area contributed by atoms with Gasteiger partial charge in [-0.25, -0.2) is 8.78 Å². The molecule has 0 aromatic carbocycles. The van der Waals surface area contributed by atoms with E-state index in [2.05, 4.69) is 4.99 Å². The summed E-state index contributed by atoms with van der Waals surface area (Å²) in [5, 5.41) is 7.38. The molecule has 1 rings (SSSR count). The summed E-state index contributed by atoms with van der Waals surface area (Å²) in [6, 6.07) is 0. The van der Waals surface area contributed by atoms with Crippen molar-refractivity contribution in [3.05, 3.63) is 0 Å². The van der Waals surface area contributed by atoms with Gasteiger partial charge < -0.3 is 16.4 Å². The van der Waals surface area contributed by atoms with Gasteiger partial charge in [-0.2, -0.15) is 4.99 Å². The fraction of sp³-hybridized carbons (Fsp3) is 0.714. The fourth-order valence-electron chi connectivity index (χ4n) is 1.24. The Morgan fingerprint density at radius 2 is 1.79 bits per heavy atom. The Morgan fingerprint density at radius 1 is 1.29 bits per heavy atom. The number of hydrogen-bond donors (Lipinski definition) is 3. The van der Waals surface area contributed by atoms with Crippen molar-refractivity contribution in [2.75, 3.05) is 13.1 Å². The number of hydrogen-bond acceptors (Lipinski definition) is 1. The van der Waals surface area contributed by atoms with Crippen molar-refractivity contribution in [3.63, 3.8) is 0 Å². The molecule has 0 unspecified atom stereocenters. The molecule has 1 heterocycles. The zero-order valence-corrected chi connectivity index (χ0v) is 7.63. The molecule has 0 aromatic rings. The lowest BCUT2D eigenvalue weighted by Gasteiger charge is -2.31. The molecule has 7 heteroatoms. The predicted molar refractivity (Wildman–Crippen MR) is 49.3 cm³/mol. The van der Waals surface area contributed by atoms with Crippen LogP contribution in [0.2, 0.25) is 0 Å². The average Bonchev–Trinajstić information content (AvgIpc) is 2.02. The lowest BCUT2D eigenvalue weighted by molar-refractivity contribution is -0.0436. The van der Waals surface area contributed by atoms with Crippen molar-refractivity contribution in [2.24, 2.45) is 16.5 Å². The number of rotatable bonds is 0. The number of nitrogens with two attached hydrogens (primary N) is 2. The maximum atomic E-state index is 12.7. The van der Waals surface area contributed by atoms with Crippen LogP contribution in [0.3, 0.4) is 0 Å². The summed E-state index contributed by atoms with van der Waals surface area (Å²) in [7, 11) is 0. The smallest absolute Gasteiger partial charge is 0.251 e. The minimum atomic E-state index is -2.62. The van der Waals surface area contributed by atoms with Gasteiger partial charge in [0.2, 0.25) is 5.96 Å². The normalized spacial score (nSPS) is 20.3. The maximum absolute atomic E-state index is 12.7. The number of piperidine rings is 1. The first-order valence-electron chi connectivity index (χ1n) is 4.22. The summed E-state index contributed by atoms with van der Waals surface area (Å²) in [5.74, 6) is -3.00. The highest BCUT2D eigenvalue weighted by atomic mass is 19.3. The monoisotopic (exact) mass is 205 g/mol. The molecule has 0 bridgehead atoms. The summed E-state index contributed by atoms with van der Waals surface area (Å²) in [4.78, 5) is 4.91. The molecule has 80 valence electrons. The largest absolute Gasteiger partial charge is 0.370 e. The Labute approximate surface area is 80.3 Å². The molecule has 1 aliphatic heterocycles. The van der Waals surface area contributed by atoms with Gasteiger partial charge in [0.25, 0.3) is 5.92 Å². The molecule has 0 spiro atoms. The molecule has 5 nitrogen and oxygen atoms in total. The second-order valence-corrected chi connectivity index (χ2v) is 3.20. The first-order valence-corrected chi connectivity index (χ1v) is 4.22. The average molecular weight is 205 g/mol.